The molecule has 0 saturated carbocycles. The van der Waals surface area contributed by atoms with Gasteiger partial charge in [-0.15, -0.1) is 0 Å². The van der Waals surface area contributed by atoms with E-state index in [0.29, 0.717) is 5.92 Å². The van der Waals surface area contributed by atoms with Gasteiger partial charge >= 0.3 is 0 Å². The van der Waals surface area contributed by atoms with Crippen LogP contribution in [0.15, 0.2) is 24.3 Å². The number of hydrogen-bond acceptors (Lipinski definition) is 2. The molecule has 140 valence electrons. The fraction of sp³-hybridized carbons (Fsp3) is 0.667. The molecular formula is C21H33ClN2O. The SMILES string of the molecule is CCCC[C@@H](CC)CNC(=O)C1CCN(Cc2cccc(Cl)c2)CC1. The maximum absolute atomic E-state index is 12.5. The Morgan fingerprint density at radius 3 is 2.72 bits per heavy atom. The molecule has 1 amide bonds. The van der Waals surface area contributed by atoms with Crippen molar-refractivity contribution in [2.24, 2.45) is 11.8 Å². The van der Waals surface area contributed by atoms with Crippen molar-refractivity contribution in [1.82, 2.24) is 10.2 Å². The number of benzene rings is 1. The molecule has 25 heavy (non-hydrogen) atoms. The van der Waals surface area contributed by atoms with E-state index in [0.717, 1.165) is 50.5 Å². The van der Waals surface area contributed by atoms with Gasteiger partial charge in [0.25, 0.3) is 0 Å². The molecule has 0 unspecified atom stereocenters. The molecule has 4 heteroatoms. The van der Waals surface area contributed by atoms with Crippen LogP contribution < -0.4 is 5.32 Å². The van der Waals surface area contributed by atoms with Gasteiger partial charge in [0.15, 0.2) is 0 Å². The molecule has 0 spiro atoms. The minimum Gasteiger partial charge on any atom is -0.356 e. The zero-order chi connectivity index (χ0) is 18.1. The normalized spacial score (nSPS) is 17.4. The molecule has 3 nitrogen and oxygen atoms in total. The van der Waals surface area contributed by atoms with Crippen molar-refractivity contribution in [3.05, 3.63) is 34.9 Å². The second-order valence-corrected chi connectivity index (χ2v) is 7.78. The van der Waals surface area contributed by atoms with E-state index in [2.05, 4.69) is 30.1 Å². The highest BCUT2D eigenvalue weighted by Gasteiger charge is 2.25. The summed E-state index contributed by atoms with van der Waals surface area (Å²) in [4.78, 5) is 14.9. The van der Waals surface area contributed by atoms with Gasteiger partial charge in [-0.1, -0.05) is 56.8 Å². The van der Waals surface area contributed by atoms with Gasteiger partial charge in [-0.2, -0.15) is 0 Å². The Morgan fingerprint density at radius 1 is 1.32 bits per heavy atom. The second kappa shape index (κ2) is 10.8. The third-order valence-electron chi connectivity index (χ3n) is 5.36. The van der Waals surface area contributed by atoms with E-state index in [9.17, 15) is 4.79 Å². The molecule has 0 aliphatic carbocycles. The van der Waals surface area contributed by atoms with Gasteiger partial charge in [0.05, 0.1) is 0 Å². The number of likely N-dealkylation sites (tertiary alicyclic amines) is 1. The van der Waals surface area contributed by atoms with Crippen LogP contribution in [-0.2, 0) is 11.3 Å². The highest BCUT2D eigenvalue weighted by molar-refractivity contribution is 6.30. The van der Waals surface area contributed by atoms with Crippen molar-refractivity contribution in [2.75, 3.05) is 19.6 Å². The number of rotatable bonds is 9. The monoisotopic (exact) mass is 364 g/mol. The van der Waals surface area contributed by atoms with Crippen LogP contribution in [0, 0.1) is 11.8 Å². The summed E-state index contributed by atoms with van der Waals surface area (Å²) in [6.45, 7) is 8.18. The number of hydrogen-bond donors (Lipinski definition) is 1. The van der Waals surface area contributed by atoms with Gasteiger partial charge in [0, 0.05) is 24.0 Å². The van der Waals surface area contributed by atoms with Crippen LogP contribution in [0.3, 0.4) is 0 Å². The molecule has 2 rings (SSSR count). The Kier molecular flexibility index (Phi) is 8.77. The summed E-state index contributed by atoms with van der Waals surface area (Å²) in [5, 5.41) is 4.00. The lowest BCUT2D eigenvalue weighted by molar-refractivity contribution is -0.126. The van der Waals surface area contributed by atoms with Crippen molar-refractivity contribution in [1.29, 1.82) is 0 Å². The molecule has 1 saturated heterocycles. The number of piperidine rings is 1. The molecule has 1 aromatic carbocycles. The number of nitrogens with zero attached hydrogens (tertiary/aromatic N) is 1. The summed E-state index contributed by atoms with van der Waals surface area (Å²) in [5.74, 6) is 1.07. The van der Waals surface area contributed by atoms with E-state index >= 15 is 0 Å². The Bertz CT molecular complexity index is 526. The van der Waals surface area contributed by atoms with E-state index in [1.54, 1.807) is 0 Å². The zero-order valence-corrected chi connectivity index (χ0v) is 16.5. The predicted octanol–water partition coefficient (Wildman–Crippen LogP) is 4.88. The average molecular weight is 365 g/mol. The summed E-state index contributed by atoms with van der Waals surface area (Å²) < 4.78 is 0. The van der Waals surface area contributed by atoms with Gasteiger partial charge in [0.1, 0.15) is 0 Å². The number of nitrogens with one attached hydrogen (secondary N) is 1. The number of unbranched alkanes of at least 4 members (excludes halogenated alkanes) is 1. The Hall–Kier alpha value is -1.06. The molecule has 1 aromatic rings. The van der Waals surface area contributed by atoms with E-state index in [-0.39, 0.29) is 11.8 Å². The molecule has 0 radical (unpaired) electrons. The topological polar surface area (TPSA) is 32.3 Å². The van der Waals surface area contributed by atoms with E-state index in [1.807, 2.05) is 18.2 Å². The maximum Gasteiger partial charge on any atom is 0.223 e. The first kappa shape index (κ1) is 20.3. The Labute approximate surface area is 158 Å². The number of carbonyl (C=O) groups is 1. The van der Waals surface area contributed by atoms with Crippen LogP contribution >= 0.6 is 11.6 Å². The summed E-state index contributed by atoms with van der Waals surface area (Å²) in [6, 6.07) is 8.06. The third kappa shape index (κ3) is 6.99. The van der Waals surface area contributed by atoms with Crippen molar-refractivity contribution in [3.8, 4) is 0 Å². The highest BCUT2D eigenvalue weighted by Crippen LogP contribution is 2.21. The summed E-state index contributed by atoms with van der Waals surface area (Å²) in [7, 11) is 0. The summed E-state index contributed by atoms with van der Waals surface area (Å²) in [6.07, 6.45) is 6.78. The fourth-order valence-corrected chi connectivity index (χ4v) is 3.79. The molecule has 1 heterocycles. The largest absolute Gasteiger partial charge is 0.356 e. The molecule has 0 aromatic heterocycles. The van der Waals surface area contributed by atoms with E-state index < -0.39 is 0 Å². The lowest BCUT2D eigenvalue weighted by atomic mass is 9.94. The highest BCUT2D eigenvalue weighted by atomic mass is 35.5. The first-order valence-corrected chi connectivity index (χ1v) is 10.2. The van der Waals surface area contributed by atoms with Gasteiger partial charge < -0.3 is 5.32 Å². The smallest absolute Gasteiger partial charge is 0.223 e. The van der Waals surface area contributed by atoms with Gasteiger partial charge in [-0.3, -0.25) is 9.69 Å². The summed E-state index contributed by atoms with van der Waals surface area (Å²) in [5.41, 5.74) is 1.25. The van der Waals surface area contributed by atoms with Crippen LogP contribution in [0.4, 0.5) is 0 Å². The van der Waals surface area contributed by atoms with Crippen LogP contribution in [-0.4, -0.2) is 30.4 Å². The third-order valence-corrected chi connectivity index (χ3v) is 5.60. The maximum atomic E-state index is 12.5. The standard InChI is InChI=1S/C21H33ClN2O/c1-3-5-7-17(4-2)15-23-21(25)19-10-12-24(13-11-19)16-18-8-6-9-20(22)14-18/h6,8-9,14,17,19H,3-5,7,10-13,15-16H2,1-2H3,(H,23,25)/t17-/m1/s1. The molecule has 1 aliphatic heterocycles. The van der Waals surface area contributed by atoms with Crippen LogP contribution in [0.2, 0.25) is 5.02 Å². The number of carbonyl (C=O) groups excluding carboxylic acids is 1. The molecule has 0 bridgehead atoms. The van der Waals surface area contributed by atoms with Crippen molar-refractivity contribution in [3.63, 3.8) is 0 Å². The lowest BCUT2D eigenvalue weighted by Crippen LogP contribution is -2.41. The number of amides is 1. The molecule has 1 aliphatic rings. The first-order valence-electron chi connectivity index (χ1n) is 9.86. The first-order chi connectivity index (χ1) is 12.1. The van der Waals surface area contributed by atoms with E-state index in [4.69, 9.17) is 11.6 Å². The quantitative estimate of drug-likeness (QED) is 0.676. The molecular weight excluding hydrogens is 332 g/mol. The Balaban J connectivity index is 1.71. The average Bonchev–Trinajstić information content (AvgIpc) is 2.62. The Morgan fingerprint density at radius 2 is 2.08 bits per heavy atom. The molecule has 1 N–H and O–H groups in total. The van der Waals surface area contributed by atoms with Crippen LogP contribution in [0.25, 0.3) is 0 Å². The minimum atomic E-state index is 0.180. The fourth-order valence-electron chi connectivity index (χ4n) is 3.58. The molecule has 1 atom stereocenters. The second-order valence-electron chi connectivity index (χ2n) is 7.34. The van der Waals surface area contributed by atoms with Crippen molar-refractivity contribution >= 4 is 17.5 Å². The van der Waals surface area contributed by atoms with E-state index in [1.165, 1.54) is 24.8 Å². The number of halogens is 1. The van der Waals surface area contributed by atoms with Crippen LogP contribution in [0.5, 0.6) is 0 Å². The van der Waals surface area contributed by atoms with Gasteiger partial charge in [-0.25, -0.2) is 0 Å². The zero-order valence-electron chi connectivity index (χ0n) is 15.8. The molecule has 1 fully saturated rings. The van der Waals surface area contributed by atoms with Crippen molar-refractivity contribution in [2.45, 2.75) is 58.9 Å². The van der Waals surface area contributed by atoms with Crippen LogP contribution in [0.1, 0.15) is 57.9 Å². The lowest BCUT2D eigenvalue weighted by Gasteiger charge is -2.31. The predicted molar refractivity (Wildman–Crippen MR) is 106 cm³/mol. The van der Waals surface area contributed by atoms with Gasteiger partial charge in [0.2, 0.25) is 5.91 Å². The minimum absolute atomic E-state index is 0.180. The van der Waals surface area contributed by atoms with Gasteiger partial charge in [-0.05, 0) is 56.0 Å². The summed E-state index contributed by atoms with van der Waals surface area (Å²) >= 11 is 6.06. The van der Waals surface area contributed by atoms with Crippen molar-refractivity contribution < 1.29 is 4.79 Å².